The topological polar surface area (TPSA) is 112 Å². The van der Waals surface area contributed by atoms with Crippen molar-refractivity contribution in [1.29, 1.82) is 0 Å². The third-order valence-electron chi connectivity index (χ3n) is 7.78. The Balaban J connectivity index is 1.55. The average Bonchev–Trinajstić information content (AvgIpc) is 3.21. The highest BCUT2D eigenvalue weighted by atomic mass is 16.5. The number of nitrogens with zero attached hydrogens (tertiary/aromatic N) is 2. The summed E-state index contributed by atoms with van der Waals surface area (Å²) in [5, 5.41) is 12.2. The molecular formula is C28H36N4O4. The Hall–Kier alpha value is -3.26. The number of hydrogen-bond donors (Lipinski definition) is 3. The van der Waals surface area contributed by atoms with Crippen LogP contribution >= 0.6 is 0 Å². The minimum atomic E-state index is -0.925. The SMILES string of the molecule is O=C(CC1(CCCc2ccccc2)CCN(C(C(=O)Nc2ccncc2)C2CCCCC2)C1=O)NO. The van der Waals surface area contributed by atoms with Gasteiger partial charge in [0.15, 0.2) is 0 Å². The van der Waals surface area contributed by atoms with Gasteiger partial charge in [-0.05, 0) is 62.1 Å². The van der Waals surface area contributed by atoms with Crippen LogP contribution in [-0.2, 0) is 20.8 Å². The van der Waals surface area contributed by atoms with Gasteiger partial charge in [-0.1, -0.05) is 49.6 Å². The van der Waals surface area contributed by atoms with E-state index in [-0.39, 0.29) is 24.2 Å². The summed E-state index contributed by atoms with van der Waals surface area (Å²) in [7, 11) is 0. The van der Waals surface area contributed by atoms with Crippen molar-refractivity contribution >= 4 is 23.4 Å². The van der Waals surface area contributed by atoms with Crippen molar-refractivity contribution < 1.29 is 19.6 Å². The van der Waals surface area contributed by atoms with E-state index in [1.165, 1.54) is 5.56 Å². The summed E-state index contributed by atoms with van der Waals surface area (Å²) in [4.78, 5) is 45.6. The summed E-state index contributed by atoms with van der Waals surface area (Å²) in [6, 6.07) is 12.9. The number of aromatic nitrogens is 1. The molecule has 2 unspecified atom stereocenters. The zero-order valence-electron chi connectivity index (χ0n) is 20.7. The van der Waals surface area contributed by atoms with E-state index in [1.807, 2.05) is 18.2 Å². The van der Waals surface area contributed by atoms with Crippen LogP contribution in [0.3, 0.4) is 0 Å². The summed E-state index contributed by atoms with van der Waals surface area (Å²) >= 11 is 0. The van der Waals surface area contributed by atoms with Crippen molar-refractivity contribution in [2.24, 2.45) is 11.3 Å². The number of amides is 3. The predicted molar refractivity (Wildman–Crippen MR) is 136 cm³/mol. The molecule has 8 nitrogen and oxygen atoms in total. The number of carbonyl (C=O) groups excluding carboxylic acids is 3. The van der Waals surface area contributed by atoms with Gasteiger partial charge in [0, 0.05) is 31.0 Å². The van der Waals surface area contributed by atoms with Crippen LogP contribution in [0.4, 0.5) is 5.69 Å². The molecule has 0 radical (unpaired) electrons. The molecule has 0 spiro atoms. The second-order valence-electron chi connectivity index (χ2n) is 10.1. The van der Waals surface area contributed by atoms with Crippen LogP contribution < -0.4 is 10.8 Å². The van der Waals surface area contributed by atoms with E-state index in [9.17, 15) is 19.6 Å². The number of anilines is 1. The molecule has 1 aliphatic carbocycles. The molecule has 2 fully saturated rings. The summed E-state index contributed by atoms with van der Waals surface area (Å²) < 4.78 is 0. The maximum atomic E-state index is 14.0. The molecule has 4 rings (SSSR count). The number of hydroxylamine groups is 1. The normalized spacial score (nSPS) is 21.2. The maximum Gasteiger partial charge on any atom is 0.247 e. The van der Waals surface area contributed by atoms with Crippen LogP contribution in [0.5, 0.6) is 0 Å². The van der Waals surface area contributed by atoms with Crippen molar-refractivity contribution in [2.45, 2.75) is 70.3 Å². The van der Waals surface area contributed by atoms with E-state index in [0.717, 1.165) is 44.9 Å². The van der Waals surface area contributed by atoms with Gasteiger partial charge in [0.1, 0.15) is 6.04 Å². The van der Waals surface area contributed by atoms with Gasteiger partial charge in [0.05, 0.1) is 5.41 Å². The Bertz CT molecular complexity index is 1030. The average molecular weight is 493 g/mol. The molecule has 0 bridgehead atoms. The third-order valence-corrected chi connectivity index (χ3v) is 7.78. The van der Waals surface area contributed by atoms with Crippen LogP contribution in [0.2, 0.25) is 0 Å². The highest BCUT2D eigenvalue weighted by molar-refractivity contribution is 5.99. The molecular weight excluding hydrogens is 456 g/mol. The van der Waals surface area contributed by atoms with Gasteiger partial charge >= 0.3 is 0 Å². The van der Waals surface area contributed by atoms with Gasteiger partial charge in [-0.25, -0.2) is 5.48 Å². The molecule has 8 heteroatoms. The van der Waals surface area contributed by atoms with Crippen LogP contribution in [-0.4, -0.2) is 45.4 Å². The molecule has 1 aromatic heterocycles. The zero-order valence-corrected chi connectivity index (χ0v) is 20.7. The first-order valence-corrected chi connectivity index (χ1v) is 13.0. The van der Waals surface area contributed by atoms with E-state index in [0.29, 0.717) is 25.1 Å². The van der Waals surface area contributed by atoms with Crippen LogP contribution in [0.25, 0.3) is 0 Å². The predicted octanol–water partition coefficient (Wildman–Crippen LogP) is 4.11. The van der Waals surface area contributed by atoms with Crippen molar-refractivity contribution in [1.82, 2.24) is 15.4 Å². The number of carbonyl (C=O) groups is 3. The lowest BCUT2D eigenvalue weighted by atomic mass is 9.77. The summed E-state index contributed by atoms with van der Waals surface area (Å²) in [6.45, 7) is 0.424. The fourth-order valence-electron chi connectivity index (χ4n) is 5.93. The number of aryl methyl sites for hydroxylation is 1. The Morgan fingerprint density at radius 2 is 1.81 bits per heavy atom. The molecule has 2 heterocycles. The minimum Gasteiger partial charge on any atom is -0.330 e. The van der Waals surface area contributed by atoms with Crippen LogP contribution in [0.15, 0.2) is 54.9 Å². The van der Waals surface area contributed by atoms with E-state index in [2.05, 4.69) is 22.4 Å². The quantitative estimate of drug-likeness (QED) is 0.341. The molecule has 1 aromatic carbocycles. The van der Waals surface area contributed by atoms with Gasteiger partial charge < -0.3 is 10.2 Å². The van der Waals surface area contributed by atoms with Gasteiger partial charge in [0.2, 0.25) is 17.7 Å². The summed E-state index contributed by atoms with van der Waals surface area (Å²) in [5.41, 5.74) is 2.62. The standard InChI is InChI=1S/C28H36N4O4/c33-24(31-36)20-28(15-7-10-21-8-3-1-4-9-21)16-19-32(27(28)35)25(22-11-5-2-6-12-22)26(34)30-23-13-17-29-18-14-23/h1,3-4,8-9,13-14,17-18,22,25,36H,2,5-7,10-12,15-16,19-20H2,(H,31,33)(H,29,30,34). The van der Waals surface area contributed by atoms with E-state index in [4.69, 9.17) is 0 Å². The lowest BCUT2D eigenvalue weighted by molar-refractivity contribution is -0.147. The number of hydrogen-bond acceptors (Lipinski definition) is 5. The Labute approximate surface area is 212 Å². The third kappa shape index (κ3) is 6.10. The molecule has 1 aliphatic heterocycles. The minimum absolute atomic E-state index is 0.0799. The molecule has 2 aliphatic rings. The molecule has 2 aromatic rings. The second-order valence-corrected chi connectivity index (χ2v) is 10.1. The number of rotatable bonds is 10. The van der Waals surface area contributed by atoms with Crippen molar-refractivity contribution in [2.75, 3.05) is 11.9 Å². The largest absolute Gasteiger partial charge is 0.330 e. The molecule has 36 heavy (non-hydrogen) atoms. The zero-order chi connectivity index (χ0) is 25.4. The lowest BCUT2D eigenvalue weighted by Gasteiger charge is -2.37. The van der Waals surface area contributed by atoms with Crippen molar-refractivity contribution in [3.8, 4) is 0 Å². The van der Waals surface area contributed by atoms with Crippen molar-refractivity contribution in [3.05, 3.63) is 60.4 Å². The Kier molecular flexibility index (Phi) is 8.70. The van der Waals surface area contributed by atoms with Crippen LogP contribution in [0.1, 0.15) is 63.4 Å². The molecule has 192 valence electrons. The number of pyridine rings is 1. The smallest absolute Gasteiger partial charge is 0.247 e. The molecule has 1 saturated heterocycles. The van der Waals surface area contributed by atoms with Crippen molar-refractivity contribution in [3.63, 3.8) is 0 Å². The first-order chi connectivity index (χ1) is 17.5. The fourth-order valence-corrected chi connectivity index (χ4v) is 5.93. The van der Waals surface area contributed by atoms with Gasteiger partial charge in [-0.3, -0.25) is 24.6 Å². The fraction of sp³-hybridized carbons (Fsp3) is 0.500. The molecule has 3 N–H and O–H groups in total. The van der Waals surface area contributed by atoms with Gasteiger partial charge in [-0.2, -0.15) is 0 Å². The monoisotopic (exact) mass is 492 g/mol. The van der Waals surface area contributed by atoms with E-state index in [1.54, 1.807) is 34.9 Å². The Morgan fingerprint density at radius 1 is 1.08 bits per heavy atom. The van der Waals surface area contributed by atoms with Gasteiger partial charge in [-0.15, -0.1) is 0 Å². The summed E-state index contributed by atoms with van der Waals surface area (Å²) in [6.07, 6.45) is 10.7. The maximum absolute atomic E-state index is 14.0. The molecule has 3 amide bonds. The first kappa shape index (κ1) is 25.8. The van der Waals surface area contributed by atoms with E-state index < -0.39 is 17.4 Å². The second kappa shape index (κ2) is 12.1. The number of nitrogens with one attached hydrogen (secondary N) is 2. The lowest BCUT2D eigenvalue weighted by Crippen LogP contribution is -2.52. The summed E-state index contributed by atoms with van der Waals surface area (Å²) in [5.74, 6) is -0.829. The number of benzene rings is 1. The highest BCUT2D eigenvalue weighted by Crippen LogP contribution is 2.43. The first-order valence-electron chi connectivity index (χ1n) is 13.0. The van der Waals surface area contributed by atoms with E-state index >= 15 is 0 Å². The Morgan fingerprint density at radius 3 is 2.50 bits per heavy atom. The number of likely N-dealkylation sites (tertiary alicyclic amines) is 1. The molecule has 1 saturated carbocycles. The highest BCUT2D eigenvalue weighted by Gasteiger charge is 2.51. The van der Waals surface area contributed by atoms with Gasteiger partial charge in [0.25, 0.3) is 0 Å². The molecule has 2 atom stereocenters. The van der Waals surface area contributed by atoms with Crippen LogP contribution in [0, 0.1) is 11.3 Å².